The van der Waals surface area contributed by atoms with Gasteiger partial charge in [-0.1, -0.05) is 30.3 Å². The van der Waals surface area contributed by atoms with E-state index in [2.05, 4.69) is 0 Å². The summed E-state index contributed by atoms with van der Waals surface area (Å²) in [6.07, 6.45) is -5.46. The van der Waals surface area contributed by atoms with Gasteiger partial charge in [0.05, 0.1) is 13.2 Å². The summed E-state index contributed by atoms with van der Waals surface area (Å²) in [4.78, 5) is 0. The van der Waals surface area contributed by atoms with Crippen molar-refractivity contribution in [3.8, 4) is 0 Å². The number of benzene rings is 1. The Hall–Kier alpha value is -1.02. The molecule has 0 bridgehead atoms. The molecule has 6 heteroatoms. The molecule has 1 aromatic rings. The number of hydrogen-bond acceptors (Lipinski definition) is 6. The SMILES string of the molecule is OC[C@@H]1O[C@@H](OCCc2ccccc2)[C@H](O)[C@H](O)[C@H]1O. The molecule has 6 nitrogen and oxygen atoms in total. The Morgan fingerprint density at radius 3 is 2.35 bits per heavy atom. The predicted molar refractivity (Wildman–Crippen MR) is 69.9 cm³/mol. The van der Waals surface area contributed by atoms with E-state index in [4.69, 9.17) is 14.6 Å². The highest BCUT2D eigenvalue weighted by Gasteiger charge is 2.43. The fraction of sp³-hybridized carbons (Fsp3) is 0.571. The van der Waals surface area contributed by atoms with Crippen LogP contribution in [0.2, 0.25) is 0 Å². The molecular formula is C14H20O6. The lowest BCUT2D eigenvalue weighted by atomic mass is 9.99. The van der Waals surface area contributed by atoms with Gasteiger partial charge >= 0.3 is 0 Å². The number of rotatable bonds is 5. The lowest BCUT2D eigenvalue weighted by molar-refractivity contribution is -0.300. The van der Waals surface area contributed by atoms with Crippen molar-refractivity contribution < 1.29 is 29.9 Å². The molecule has 0 radical (unpaired) electrons. The Kier molecular flexibility index (Phi) is 5.47. The van der Waals surface area contributed by atoms with Crippen molar-refractivity contribution in [2.24, 2.45) is 0 Å². The molecule has 0 saturated carbocycles. The minimum atomic E-state index is -1.40. The third-order valence-electron chi connectivity index (χ3n) is 3.36. The first kappa shape index (κ1) is 15.4. The van der Waals surface area contributed by atoms with E-state index < -0.39 is 37.3 Å². The lowest BCUT2D eigenvalue weighted by Gasteiger charge is -2.39. The second-order valence-corrected chi connectivity index (χ2v) is 4.80. The monoisotopic (exact) mass is 284 g/mol. The first-order valence-corrected chi connectivity index (χ1v) is 6.59. The molecule has 112 valence electrons. The average Bonchev–Trinajstić information content (AvgIpc) is 2.48. The zero-order chi connectivity index (χ0) is 14.5. The summed E-state index contributed by atoms with van der Waals surface area (Å²) in [5.74, 6) is 0. The molecule has 1 aromatic carbocycles. The Balaban J connectivity index is 1.85. The Morgan fingerprint density at radius 2 is 1.70 bits per heavy atom. The van der Waals surface area contributed by atoms with Crippen molar-refractivity contribution in [1.29, 1.82) is 0 Å². The van der Waals surface area contributed by atoms with Gasteiger partial charge in [0.25, 0.3) is 0 Å². The van der Waals surface area contributed by atoms with Crippen molar-refractivity contribution in [2.45, 2.75) is 37.1 Å². The van der Waals surface area contributed by atoms with E-state index >= 15 is 0 Å². The second kappa shape index (κ2) is 7.12. The van der Waals surface area contributed by atoms with E-state index in [-0.39, 0.29) is 0 Å². The zero-order valence-electron chi connectivity index (χ0n) is 11.0. The third kappa shape index (κ3) is 3.54. The second-order valence-electron chi connectivity index (χ2n) is 4.80. The van der Waals surface area contributed by atoms with Crippen LogP contribution >= 0.6 is 0 Å². The van der Waals surface area contributed by atoms with E-state index in [1.807, 2.05) is 30.3 Å². The van der Waals surface area contributed by atoms with Crippen LogP contribution in [0, 0.1) is 0 Å². The van der Waals surface area contributed by atoms with Crippen LogP contribution in [0.3, 0.4) is 0 Å². The first-order valence-electron chi connectivity index (χ1n) is 6.59. The predicted octanol–water partition coefficient (Wildman–Crippen LogP) is -0.954. The van der Waals surface area contributed by atoms with Crippen LogP contribution in [0.5, 0.6) is 0 Å². The van der Waals surface area contributed by atoms with E-state index in [0.29, 0.717) is 13.0 Å². The molecule has 1 aliphatic heterocycles. The largest absolute Gasteiger partial charge is 0.394 e. The molecule has 1 fully saturated rings. The number of hydrogen-bond donors (Lipinski definition) is 4. The molecule has 0 aromatic heterocycles. The van der Waals surface area contributed by atoms with Gasteiger partial charge in [-0.05, 0) is 12.0 Å². The van der Waals surface area contributed by atoms with E-state index in [1.54, 1.807) is 0 Å². The van der Waals surface area contributed by atoms with Crippen LogP contribution in [0.4, 0.5) is 0 Å². The number of ether oxygens (including phenoxy) is 2. The summed E-state index contributed by atoms with van der Waals surface area (Å²) in [7, 11) is 0. The summed E-state index contributed by atoms with van der Waals surface area (Å²) < 4.78 is 10.6. The molecule has 0 amide bonds. The third-order valence-corrected chi connectivity index (χ3v) is 3.36. The fourth-order valence-electron chi connectivity index (χ4n) is 2.14. The van der Waals surface area contributed by atoms with Crippen LogP contribution in [0.15, 0.2) is 30.3 Å². The summed E-state index contributed by atoms with van der Waals surface area (Å²) in [5, 5.41) is 38.1. The van der Waals surface area contributed by atoms with Crippen LogP contribution in [-0.4, -0.2) is 64.3 Å². The molecule has 0 unspecified atom stereocenters. The summed E-state index contributed by atoms with van der Waals surface area (Å²) in [6.45, 7) is -0.157. The summed E-state index contributed by atoms with van der Waals surface area (Å²) in [5.41, 5.74) is 1.08. The minimum absolute atomic E-state index is 0.298. The van der Waals surface area contributed by atoms with Gasteiger partial charge in [-0.25, -0.2) is 0 Å². The van der Waals surface area contributed by atoms with Crippen molar-refractivity contribution >= 4 is 0 Å². The van der Waals surface area contributed by atoms with Crippen LogP contribution in [0.25, 0.3) is 0 Å². The van der Waals surface area contributed by atoms with Crippen molar-refractivity contribution in [3.05, 3.63) is 35.9 Å². The van der Waals surface area contributed by atoms with Crippen molar-refractivity contribution in [1.82, 2.24) is 0 Å². The topological polar surface area (TPSA) is 99.4 Å². The summed E-state index contributed by atoms with van der Waals surface area (Å²) >= 11 is 0. The normalized spacial score (nSPS) is 34.1. The Bertz CT molecular complexity index is 396. The van der Waals surface area contributed by atoms with Crippen LogP contribution in [-0.2, 0) is 15.9 Å². The molecule has 0 aliphatic carbocycles. The van der Waals surface area contributed by atoms with Crippen molar-refractivity contribution in [3.63, 3.8) is 0 Å². The molecule has 1 saturated heterocycles. The Labute approximate surface area is 117 Å². The first-order chi connectivity index (χ1) is 9.63. The van der Waals surface area contributed by atoms with Gasteiger partial charge in [0.1, 0.15) is 24.4 Å². The number of aliphatic hydroxyl groups excluding tert-OH is 4. The molecule has 1 heterocycles. The maximum absolute atomic E-state index is 9.78. The van der Waals surface area contributed by atoms with Gasteiger partial charge in [-0.2, -0.15) is 0 Å². The van der Waals surface area contributed by atoms with Gasteiger partial charge in [-0.15, -0.1) is 0 Å². The van der Waals surface area contributed by atoms with Gasteiger partial charge in [-0.3, -0.25) is 0 Å². The smallest absolute Gasteiger partial charge is 0.186 e. The van der Waals surface area contributed by atoms with Gasteiger partial charge < -0.3 is 29.9 Å². The Morgan fingerprint density at radius 1 is 1.00 bits per heavy atom. The van der Waals surface area contributed by atoms with E-state index in [1.165, 1.54) is 0 Å². The molecule has 0 spiro atoms. The quantitative estimate of drug-likeness (QED) is 0.556. The molecule has 20 heavy (non-hydrogen) atoms. The zero-order valence-corrected chi connectivity index (χ0v) is 11.0. The molecule has 1 aliphatic rings. The highest BCUT2D eigenvalue weighted by atomic mass is 16.7. The van der Waals surface area contributed by atoms with Crippen LogP contribution in [0.1, 0.15) is 5.56 Å². The molecule has 2 rings (SSSR count). The molecular weight excluding hydrogens is 264 g/mol. The fourth-order valence-corrected chi connectivity index (χ4v) is 2.14. The minimum Gasteiger partial charge on any atom is -0.394 e. The molecule has 4 N–H and O–H groups in total. The maximum atomic E-state index is 9.78. The van der Waals surface area contributed by atoms with E-state index in [0.717, 1.165) is 5.56 Å². The van der Waals surface area contributed by atoms with Gasteiger partial charge in [0.15, 0.2) is 6.29 Å². The summed E-state index contributed by atoms with van der Waals surface area (Å²) in [6, 6.07) is 9.67. The van der Waals surface area contributed by atoms with Gasteiger partial charge in [0, 0.05) is 0 Å². The maximum Gasteiger partial charge on any atom is 0.186 e. The highest BCUT2D eigenvalue weighted by Crippen LogP contribution is 2.22. The standard InChI is InChI=1S/C14H20O6/c15-8-10-11(16)12(17)13(18)14(20-10)19-7-6-9-4-2-1-3-5-9/h1-5,10-18H,6-8H2/t10-,11-,12+,13+,14+/m0/s1. The molecule has 5 atom stereocenters. The number of aliphatic hydroxyl groups is 4. The van der Waals surface area contributed by atoms with Gasteiger partial charge in [0.2, 0.25) is 0 Å². The van der Waals surface area contributed by atoms with E-state index in [9.17, 15) is 15.3 Å². The average molecular weight is 284 g/mol. The van der Waals surface area contributed by atoms with Crippen molar-refractivity contribution in [2.75, 3.05) is 13.2 Å². The van der Waals surface area contributed by atoms with Crippen LogP contribution < -0.4 is 0 Å². The lowest BCUT2D eigenvalue weighted by Crippen LogP contribution is -2.59. The highest BCUT2D eigenvalue weighted by molar-refractivity contribution is 5.14.